The summed E-state index contributed by atoms with van der Waals surface area (Å²) in [4.78, 5) is 14.8. The maximum atomic E-state index is 13.1. The summed E-state index contributed by atoms with van der Waals surface area (Å²) in [5.74, 6) is 1.24. The van der Waals surface area contributed by atoms with Crippen molar-refractivity contribution in [1.82, 2.24) is 4.90 Å². The molecule has 1 atom stereocenters. The molecule has 0 saturated heterocycles. The van der Waals surface area contributed by atoms with Crippen molar-refractivity contribution in [3.8, 4) is 11.5 Å². The van der Waals surface area contributed by atoms with Crippen LogP contribution < -0.4 is 15.2 Å². The Morgan fingerprint density at radius 3 is 2.27 bits per heavy atom. The van der Waals surface area contributed by atoms with E-state index in [9.17, 15) is 4.79 Å². The molecule has 0 aromatic heterocycles. The highest BCUT2D eigenvalue weighted by molar-refractivity contribution is 5.95. The average Bonchev–Trinajstić information content (AvgIpc) is 2.65. The van der Waals surface area contributed by atoms with Crippen LogP contribution in [0.3, 0.4) is 0 Å². The Kier molecular flexibility index (Phi) is 6.86. The lowest BCUT2D eigenvalue weighted by Crippen LogP contribution is -2.40. The van der Waals surface area contributed by atoms with E-state index in [0.29, 0.717) is 35.9 Å². The van der Waals surface area contributed by atoms with Crippen LogP contribution in [-0.2, 0) is 11.3 Å². The molecule has 2 rings (SSSR count). The number of anilines is 1. The number of nitrogens with zero attached hydrogens (tertiary/aromatic N) is 1. The fourth-order valence-corrected chi connectivity index (χ4v) is 2.75. The highest BCUT2D eigenvalue weighted by Crippen LogP contribution is 2.25. The number of methoxy groups -OCH3 is 3. The van der Waals surface area contributed by atoms with Crippen LogP contribution in [0, 0.1) is 0 Å². The van der Waals surface area contributed by atoms with Crippen molar-refractivity contribution in [2.24, 2.45) is 0 Å². The fourth-order valence-electron chi connectivity index (χ4n) is 2.75. The Morgan fingerprint density at radius 2 is 1.73 bits per heavy atom. The number of ether oxygens (including phenoxy) is 3. The van der Waals surface area contributed by atoms with E-state index in [1.165, 1.54) is 0 Å². The summed E-state index contributed by atoms with van der Waals surface area (Å²) in [5, 5.41) is 0. The van der Waals surface area contributed by atoms with Gasteiger partial charge in [0.05, 0.1) is 26.9 Å². The van der Waals surface area contributed by atoms with Gasteiger partial charge in [0.25, 0.3) is 5.91 Å². The van der Waals surface area contributed by atoms with Crippen LogP contribution in [0.1, 0.15) is 22.8 Å². The molecule has 0 spiro atoms. The Balaban J connectivity index is 2.35. The van der Waals surface area contributed by atoms with Gasteiger partial charge in [0.2, 0.25) is 0 Å². The van der Waals surface area contributed by atoms with Crippen LogP contribution in [0.25, 0.3) is 0 Å². The summed E-state index contributed by atoms with van der Waals surface area (Å²) < 4.78 is 15.9. The fraction of sp³-hybridized carbons (Fsp3) is 0.350. The average molecular weight is 358 g/mol. The van der Waals surface area contributed by atoms with Crippen molar-refractivity contribution in [2.75, 3.05) is 33.7 Å². The van der Waals surface area contributed by atoms with E-state index < -0.39 is 0 Å². The van der Waals surface area contributed by atoms with Gasteiger partial charge in [0, 0.05) is 31.0 Å². The molecule has 0 bridgehead atoms. The number of benzene rings is 2. The number of hydrogen-bond acceptors (Lipinski definition) is 5. The van der Waals surface area contributed by atoms with Crippen molar-refractivity contribution in [1.29, 1.82) is 0 Å². The third-order valence-electron chi connectivity index (χ3n) is 4.10. The first kappa shape index (κ1) is 19.6. The van der Waals surface area contributed by atoms with Gasteiger partial charge in [-0.25, -0.2) is 0 Å². The minimum Gasteiger partial charge on any atom is -0.497 e. The summed E-state index contributed by atoms with van der Waals surface area (Å²) in [6, 6.07) is 12.4. The van der Waals surface area contributed by atoms with E-state index >= 15 is 0 Å². The van der Waals surface area contributed by atoms with E-state index in [-0.39, 0.29) is 11.9 Å². The summed E-state index contributed by atoms with van der Waals surface area (Å²) in [5.41, 5.74) is 7.83. The van der Waals surface area contributed by atoms with Gasteiger partial charge in [-0.2, -0.15) is 0 Å². The number of amides is 1. The monoisotopic (exact) mass is 358 g/mol. The summed E-state index contributed by atoms with van der Waals surface area (Å²) >= 11 is 0. The molecular formula is C20H26N2O4. The zero-order valence-electron chi connectivity index (χ0n) is 15.7. The lowest BCUT2D eigenvalue weighted by atomic mass is 10.1. The van der Waals surface area contributed by atoms with Crippen molar-refractivity contribution in [3.63, 3.8) is 0 Å². The number of carbonyl (C=O) groups is 1. The molecular weight excluding hydrogens is 332 g/mol. The molecule has 2 aromatic rings. The van der Waals surface area contributed by atoms with Gasteiger partial charge < -0.3 is 24.8 Å². The van der Waals surface area contributed by atoms with Gasteiger partial charge in [-0.05, 0) is 42.8 Å². The molecule has 6 heteroatoms. The normalized spacial score (nSPS) is 11.7. The van der Waals surface area contributed by atoms with Crippen LogP contribution in [0.15, 0.2) is 42.5 Å². The molecule has 2 aromatic carbocycles. The first-order chi connectivity index (χ1) is 12.5. The van der Waals surface area contributed by atoms with Gasteiger partial charge >= 0.3 is 0 Å². The van der Waals surface area contributed by atoms with Crippen LogP contribution >= 0.6 is 0 Å². The highest BCUT2D eigenvalue weighted by Gasteiger charge is 2.22. The van der Waals surface area contributed by atoms with E-state index in [4.69, 9.17) is 19.9 Å². The third-order valence-corrected chi connectivity index (χ3v) is 4.10. The van der Waals surface area contributed by atoms with Gasteiger partial charge in [-0.15, -0.1) is 0 Å². The molecule has 0 fully saturated rings. The molecule has 0 aliphatic heterocycles. The molecule has 140 valence electrons. The van der Waals surface area contributed by atoms with E-state index in [1.54, 1.807) is 56.6 Å². The second-order valence-corrected chi connectivity index (χ2v) is 6.08. The molecule has 2 N–H and O–H groups in total. The van der Waals surface area contributed by atoms with Crippen LogP contribution in [0.4, 0.5) is 5.69 Å². The SMILES string of the molecule is COC[C@@H](C)N(Cc1cc(OC)cc(OC)c1)C(=O)c1cccc(N)c1. The summed E-state index contributed by atoms with van der Waals surface area (Å²) in [6.07, 6.45) is 0. The van der Waals surface area contributed by atoms with Gasteiger partial charge in [-0.1, -0.05) is 6.07 Å². The Hall–Kier alpha value is -2.73. The van der Waals surface area contributed by atoms with Crippen LogP contribution in [0.2, 0.25) is 0 Å². The Labute approximate surface area is 154 Å². The quantitative estimate of drug-likeness (QED) is 0.735. The van der Waals surface area contributed by atoms with Crippen molar-refractivity contribution >= 4 is 11.6 Å². The Bertz CT molecular complexity index is 726. The first-order valence-corrected chi connectivity index (χ1v) is 8.36. The Morgan fingerprint density at radius 1 is 1.08 bits per heavy atom. The molecule has 1 amide bonds. The molecule has 6 nitrogen and oxygen atoms in total. The maximum absolute atomic E-state index is 13.1. The molecule has 0 heterocycles. The van der Waals surface area contributed by atoms with Gasteiger partial charge in [0.15, 0.2) is 0 Å². The topological polar surface area (TPSA) is 74.0 Å². The second-order valence-electron chi connectivity index (χ2n) is 6.08. The predicted octanol–water partition coefficient (Wildman–Crippen LogP) is 2.96. The van der Waals surface area contributed by atoms with Gasteiger partial charge in [-0.3, -0.25) is 4.79 Å². The maximum Gasteiger partial charge on any atom is 0.254 e. The van der Waals surface area contributed by atoms with E-state index in [1.807, 2.05) is 19.1 Å². The summed E-state index contributed by atoms with van der Waals surface area (Å²) in [7, 11) is 4.82. The molecule has 0 unspecified atom stereocenters. The lowest BCUT2D eigenvalue weighted by Gasteiger charge is -2.29. The first-order valence-electron chi connectivity index (χ1n) is 8.36. The number of nitrogen functional groups attached to an aromatic ring is 1. The van der Waals surface area contributed by atoms with E-state index in [2.05, 4.69) is 0 Å². The van der Waals surface area contributed by atoms with Crippen molar-refractivity contribution in [3.05, 3.63) is 53.6 Å². The zero-order chi connectivity index (χ0) is 19.1. The van der Waals surface area contributed by atoms with E-state index in [0.717, 1.165) is 5.56 Å². The molecule has 0 aliphatic rings. The second kappa shape index (κ2) is 9.10. The molecule has 26 heavy (non-hydrogen) atoms. The third kappa shape index (κ3) is 4.89. The van der Waals surface area contributed by atoms with Crippen LogP contribution in [0.5, 0.6) is 11.5 Å². The molecule has 0 aliphatic carbocycles. The molecule has 0 radical (unpaired) electrons. The molecule has 0 saturated carbocycles. The largest absolute Gasteiger partial charge is 0.497 e. The lowest BCUT2D eigenvalue weighted by molar-refractivity contribution is 0.0541. The predicted molar refractivity (Wildman–Crippen MR) is 102 cm³/mol. The summed E-state index contributed by atoms with van der Waals surface area (Å²) in [6.45, 7) is 2.77. The smallest absolute Gasteiger partial charge is 0.254 e. The number of carbonyl (C=O) groups excluding carboxylic acids is 1. The highest BCUT2D eigenvalue weighted by atomic mass is 16.5. The number of rotatable bonds is 8. The van der Waals surface area contributed by atoms with Crippen molar-refractivity contribution in [2.45, 2.75) is 19.5 Å². The van der Waals surface area contributed by atoms with Gasteiger partial charge in [0.1, 0.15) is 11.5 Å². The van der Waals surface area contributed by atoms with Crippen molar-refractivity contribution < 1.29 is 19.0 Å². The number of hydrogen-bond donors (Lipinski definition) is 1. The zero-order valence-corrected chi connectivity index (χ0v) is 15.7. The minimum atomic E-state index is -0.119. The number of nitrogens with two attached hydrogens (primary N) is 1. The standard InChI is InChI=1S/C20H26N2O4/c1-14(13-24-2)22(20(23)16-6-5-7-17(21)10-16)12-15-8-18(25-3)11-19(9-15)26-4/h5-11,14H,12-13,21H2,1-4H3/t14-/m1/s1. The minimum absolute atomic E-state index is 0.108. The van der Waals surface area contributed by atoms with Crippen LogP contribution in [-0.4, -0.2) is 44.8 Å².